The number of anilines is 1. The Hall–Kier alpha value is -2.43. The Morgan fingerprint density at radius 3 is 2.80 bits per heavy atom. The van der Waals surface area contributed by atoms with Crippen molar-refractivity contribution in [3.63, 3.8) is 0 Å². The standard InChI is InChI=1S/C20H23FN4/c1-2-15-9-6-10-18-24-19(16-11-12-22-13-17(16)21)20(25(15)18)23-14-7-4-3-5-8-14/h6,9-14,23H,2-5,7-8H2,1H3. The summed E-state index contributed by atoms with van der Waals surface area (Å²) in [7, 11) is 0. The third-order valence-corrected chi connectivity index (χ3v) is 5.06. The predicted octanol–water partition coefficient (Wildman–Crippen LogP) is 4.84. The van der Waals surface area contributed by atoms with E-state index in [9.17, 15) is 4.39 Å². The van der Waals surface area contributed by atoms with Gasteiger partial charge < -0.3 is 5.32 Å². The van der Waals surface area contributed by atoms with E-state index < -0.39 is 0 Å². The number of fused-ring (bicyclic) bond motifs is 1. The summed E-state index contributed by atoms with van der Waals surface area (Å²) in [6.07, 6.45) is 9.86. The number of hydrogen-bond donors (Lipinski definition) is 1. The van der Waals surface area contributed by atoms with E-state index in [-0.39, 0.29) is 5.82 Å². The van der Waals surface area contributed by atoms with Crippen molar-refractivity contribution in [3.05, 3.63) is 48.2 Å². The lowest BCUT2D eigenvalue weighted by Crippen LogP contribution is -2.23. The Kier molecular flexibility index (Phi) is 4.38. The molecule has 5 heteroatoms. The molecule has 0 unspecified atom stereocenters. The van der Waals surface area contributed by atoms with Crippen LogP contribution in [0.1, 0.15) is 44.7 Å². The second kappa shape index (κ2) is 6.82. The highest BCUT2D eigenvalue weighted by atomic mass is 19.1. The fraction of sp³-hybridized carbons (Fsp3) is 0.400. The molecule has 4 rings (SSSR count). The van der Waals surface area contributed by atoms with Gasteiger partial charge >= 0.3 is 0 Å². The van der Waals surface area contributed by atoms with Crippen molar-refractivity contribution < 1.29 is 4.39 Å². The number of nitrogens with one attached hydrogen (secondary N) is 1. The lowest BCUT2D eigenvalue weighted by Gasteiger charge is -2.24. The largest absolute Gasteiger partial charge is 0.367 e. The number of nitrogens with zero attached hydrogens (tertiary/aromatic N) is 3. The molecule has 0 amide bonds. The highest BCUT2D eigenvalue weighted by molar-refractivity contribution is 5.77. The van der Waals surface area contributed by atoms with Gasteiger partial charge in [0.05, 0.1) is 6.20 Å². The summed E-state index contributed by atoms with van der Waals surface area (Å²) in [6, 6.07) is 8.22. The molecule has 1 saturated carbocycles. The molecule has 25 heavy (non-hydrogen) atoms. The quantitative estimate of drug-likeness (QED) is 0.740. The van der Waals surface area contributed by atoms with E-state index >= 15 is 0 Å². The van der Waals surface area contributed by atoms with E-state index in [1.165, 1.54) is 31.2 Å². The van der Waals surface area contributed by atoms with Crippen LogP contribution in [0.3, 0.4) is 0 Å². The summed E-state index contributed by atoms with van der Waals surface area (Å²) in [5.41, 5.74) is 3.19. The molecule has 1 aliphatic carbocycles. The predicted molar refractivity (Wildman–Crippen MR) is 98.3 cm³/mol. The van der Waals surface area contributed by atoms with Gasteiger partial charge in [-0.05, 0) is 37.5 Å². The highest BCUT2D eigenvalue weighted by Gasteiger charge is 2.22. The third kappa shape index (κ3) is 2.99. The smallest absolute Gasteiger partial charge is 0.151 e. The number of hydrogen-bond acceptors (Lipinski definition) is 3. The molecule has 0 atom stereocenters. The molecule has 4 nitrogen and oxygen atoms in total. The summed E-state index contributed by atoms with van der Waals surface area (Å²) in [5.74, 6) is 0.570. The molecule has 3 aromatic rings. The number of imidazole rings is 1. The summed E-state index contributed by atoms with van der Waals surface area (Å²) < 4.78 is 16.5. The average Bonchev–Trinajstić information content (AvgIpc) is 3.01. The number of rotatable bonds is 4. The van der Waals surface area contributed by atoms with E-state index in [2.05, 4.69) is 27.7 Å². The second-order valence-corrected chi connectivity index (χ2v) is 6.71. The van der Waals surface area contributed by atoms with Crippen molar-refractivity contribution >= 4 is 11.5 Å². The molecule has 0 saturated heterocycles. The van der Waals surface area contributed by atoms with Gasteiger partial charge in [0, 0.05) is 23.5 Å². The van der Waals surface area contributed by atoms with E-state index in [0.717, 1.165) is 30.7 Å². The van der Waals surface area contributed by atoms with Crippen molar-refractivity contribution in [3.8, 4) is 11.3 Å². The molecule has 0 radical (unpaired) electrons. The van der Waals surface area contributed by atoms with Gasteiger partial charge in [-0.15, -0.1) is 0 Å². The van der Waals surface area contributed by atoms with Crippen LogP contribution in [0.2, 0.25) is 0 Å². The molecule has 0 aliphatic heterocycles. The van der Waals surface area contributed by atoms with Crippen LogP contribution in [0.25, 0.3) is 16.9 Å². The van der Waals surface area contributed by atoms with Crippen molar-refractivity contribution in [1.82, 2.24) is 14.4 Å². The van der Waals surface area contributed by atoms with Crippen LogP contribution in [-0.4, -0.2) is 20.4 Å². The monoisotopic (exact) mass is 338 g/mol. The Balaban J connectivity index is 1.89. The Morgan fingerprint density at radius 1 is 1.20 bits per heavy atom. The maximum absolute atomic E-state index is 14.4. The summed E-state index contributed by atoms with van der Waals surface area (Å²) in [5, 5.41) is 3.69. The van der Waals surface area contributed by atoms with Crippen molar-refractivity contribution in [2.75, 3.05) is 5.32 Å². The minimum absolute atomic E-state index is 0.337. The van der Waals surface area contributed by atoms with Crippen LogP contribution < -0.4 is 5.32 Å². The normalized spacial score (nSPS) is 15.6. The van der Waals surface area contributed by atoms with Gasteiger partial charge in [0.25, 0.3) is 0 Å². The van der Waals surface area contributed by atoms with Crippen molar-refractivity contribution in [2.24, 2.45) is 0 Å². The van der Waals surface area contributed by atoms with Gasteiger partial charge in [-0.1, -0.05) is 32.3 Å². The fourth-order valence-corrected chi connectivity index (χ4v) is 3.76. The lowest BCUT2D eigenvalue weighted by molar-refractivity contribution is 0.461. The molecule has 0 spiro atoms. The van der Waals surface area contributed by atoms with E-state index in [1.54, 1.807) is 12.3 Å². The first-order valence-corrected chi connectivity index (χ1v) is 9.14. The maximum Gasteiger partial charge on any atom is 0.151 e. The zero-order valence-electron chi connectivity index (χ0n) is 14.5. The van der Waals surface area contributed by atoms with Crippen LogP contribution in [0.4, 0.5) is 10.2 Å². The van der Waals surface area contributed by atoms with Crippen LogP contribution >= 0.6 is 0 Å². The first-order chi connectivity index (χ1) is 12.3. The lowest BCUT2D eigenvalue weighted by atomic mass is 9.95. The molecule has 1 aliphatic rings. The SMILES string of the molecule is CCc1cccc2nc(-c3ccncc3F)c(NC3CCCCC3)n12. The topological polar surface area (TPSA) is 42.2 Å². The average molecular weight is 338 g/mol. The van der Waals surface area contributed by atoms with Crippen LogP contribution in [0.15, 0.2) is 36.7 Å². The van der Waals surface area contributed by atoms with Gasteiger partial charge in [0.2, 0.25) is 0 Å². The maximum atomic E-state index is 14.4. The van der Waals surface area contributed by atoms with Crippen LogP contribution in [0, 0.1) is 5.82 Å². The summed E-state index contributed by atoms with van der Waals surface area (Å²) in [4.78, 5) is 8.62. The van der Waals surface area contributed by atoms with E-state index in [1.807, 2.05) is 12.1 Å². The molecule has 1 fully saturated rings. The Labute approximate surface area is 147 Å². The molecular weight excluding hydrogens is 315 g/mol. The molecule has 1 N–H and O–H groups in total. The molecule has 3 heterocycles. The first-order valence-electron chi connectivity index (χ1n) is 9.14. The zero-order chi connectivity index (χ0) is 17.2. The number of pyridine rings is 2. The molecule has 0 aromatic carbocycles. The summed E-state index contributed by atoms with van der Waals surface area (Å²) >= 11 is 0. The van der Waals surface area contributed by atoms with Gasteiger partial charge in [0.15, 0.2) is 5.82 Å². The van der Waals surface area contributed by atoms with E-state index in [4.69, 9.17) is 4.98 Å². The second-order valence-electron chi connectivity index (χ2n) is 6.71. The number of halogens is 1. The fourth-order valence-electron chi connectivity index (χ4n) is 3.76. The minimum Gasteiger partial charge on any atom is -0.367 e. The third-order valence-electron chi connectivity index (χ3n) is 5.06. The molecule has 130 valence electrons. The zero-order valence-corrected chi connectivity index (χ0v) is 14.5. The highest BCUT2D eigenvalue weighted by Crippen LogP contribution is 2.33. The molecular formula is C20H23FN4. The van der Waals surface area contributed by atoms with Gasteiger partial charge in [-0.3, -0.25) is 9.38 Å². The first kappa shape index (κ1) is 16.1. The van der Waals surface area contributed by atoms with Crippen LogP contribution in [0.5, 0.6) is 0 Å². The van der Waals surface area contributed by atoms with Gasteiger partial charge in [0.1, 0.15) is 17.2 Å². The molecule has 3 aromatic heterocycles. The van der Waals surface area contributed by atoms with Gasteiger partial charge in [-0.2, -0.15) is 0 Å². The van der Waals surface area contributed by atoms with Crippen molar-refractivity contribution in [1.29, 1.82) is 0 Å². The Bertz CT molecular complexity index is 881. The number of aromatic nitrogens is 3. The van der Waals surface area contributed by atoms with Crippen molar-refractivity contribution in [2.45, 2.75) is 51.5 Å². The van der Waals surface area contributed by atoms with Crippen LogP contribution in [-0.2, 0) is 6.42 Å². The minimum atomic E-state index is -0.337. The van der Waals surface area contributed by atoms with E-state index in [0.29, 0.717) is 17.3 Å². The number of aryl methyl sites for hydroxylation is 1. The molecule has 0 bridgehead atoms. The van der Waals surface area contributed by atoms with Gasteiger partial charge in [-0.25, -0.2) is 9.37 Å². The summed E-state index contributed by atoms with van der Waals surface area (Å²) in [6.45, 7) is 2.13. The Morgan fingerprint density at radius 2 is 2.04 bits per heavy atom.